The molecule has 1 fully saturated rings. The highest BCUT2D eigenvalue weighted by Crippen LogP contribution is 2.18. The van der Waals surface area contributed by atoms with Crippen LogP contribution in [-0.4, -0.2) is 75.2 Å². The molecule has 0 spiro atoms. The molecule has 1 aromatic rings. The van der Waals surface area contributed by atoms with Gasteiger partial charge >= 0.3 is 0 Å². The molecule has 0 N–H and O–H groups in total. The van der Waals surface area contributed by atoms with E-state index >= 15 is 0 Å². The Bertz CT molecular complexity index is 648. The van der Waals surface area contributed by atoms with Gasteiger partial charge in [0.2, 0.25) is 15.9 Å². The van der Waals surface area contributed by atoms with E-state index in [9.17, 15) is 13.2 Å². The summed E-state index contributed by atoms with van der Waals surface area (Å²) in [5, 5.41) is 0. The highest BCUT2D eigenvalue weighted by atomic mass is 79.9. The first kappa shape index (κ1) is 18.4. The average molecular weight is 404 g/mol. The summed E-state index contributed by atoms with van der Waals surface area (Å²) in [5.74, 6) is -0.150. The van der Waals surface area contributed by atoms with Crippen LogP contribution in [0.4, 0.5) is 0 Å². The maximum absolute atomic E-state index is 12.5. The minimum atomic E-state index is -3.65. The molecule has 0 atom stereocenters. The Morgan fingerprint density at radius 1 is 1.17 bits per heavy atom. The van der Waals surface area contributed by atoms with E-state index in [0.717, 1.165) is 28.3 Å². The van der Waals surface area contributed by atoms with E-state index in [2.05, 4.69) is 20.8 Å². The summed E-state index contributed by atoms with van der Waals surface area (Å²) >= 11 is 3.28. The zero-order valence-electron chi connectivity index (χ0n) is 13.4. The second-order valence-corrected chi connectivity index (χ2v) is 8.71. The molecule has 128 valence electrons. The number of carbonyl (C=O) groups is 1. The SMILES string of the molecule is CN1CCCN(C(=O)CN(C)S(=O)(=O)c2ccc(Br)cc2)CC1. The van der Waals surface area contributed by atoms with Crippen molar-refractivity contribution >= 4 is 31.9 Å². The molecule has 0 saturated carbocycles. The minimum Gasteiger partial charge on any atom is -0.340 e. The van der Waals surface area contributed by atoms with Gasteiger partial charge in [0.1, 0.15) is 0 Å². The van der Waals surface area contributed by atoms with E-state index in [1.165, 1.54) is 19.2 Å². The van der Waals surface area contributed by atoms with Gasteiger partial charge in [-0.05, 0) is 44.3 Å². The minimum absolute atomic E-state index is 0.137. The molecular weight excluding hydrogens is 382 g/mol. The second kappa shape index (κ2) is 7.74. The number of hydrogen-bond acceptors (Lipinski definition) is 4. The van der Waals surface area contributed by atoms with Crippen LogP contribution in [0, 0.1) is 0 Å². The standard InChI is InChI=1S/C15H22BrN3O3S/c1-17-8-3-9-19(11-10-17)15(20)12-18(2)23(21,22)14-6-4-13(16)5-7-14/h4-7H,3,8-12H2,1-2H3. The average Bonchev–Trinajstić information content (AvgIpc) is 2.72. The molecule has 1 heterocycles. The van der Waals surface area contributed by atoms with Crippen molar-refractivity contribution in [1.29, 1.82) is 0 Å². The summed E-state index contributed by atoms with van der Waals surface area (Å²) in [6.07, 6.45) is 0.908. The fraction of sp³-hybridized carbons (Fsp3) is 0.533. The molecule has 2 rings (SSSR count). The Labute approximate surface area is 146 Å². The zero-order valence-corrected chi connectivity index (χ0v) is 15.8. The Morgan fingerprint density at radius 3 is 2.48 bits per heavy atom. The molecular formula is C15H22BrN3O3S. The Morgan fingerprint density at radius 2 is 1.83 bits per heavy atom. The predicted molar refractivity (Wildman–Crippen MR) is 92.7 cm³/mol. The van der Waals surface area contributed by atoms with Crippen molar-refractivity contribution in [1.82, 2.24) is 14.1 Å². The maximum Gasteiger partial charge on any atom is 0.243 e. The maximum atomic E-state index is 12.5. The highest BCUT2D eigenvalue weighted by Gasteiger charge is 2.25. The largest absolute Gasteiger partial charge is 0.340 e. The van der Waals surface area contributed by atoms with Gasteiger partial charge in [0.25, 0.3) is 0 Å². The Kier molecular flexibility index (Phi) is 6.19. The molecule has 1 aromatic carbocycles. The number of rotatable bonds is 4. The van der Waals surface area contributed by atoms with Gasteiger partial charge in [-0.25, -0.2) is 8.42 Å². The first-order chi connectivity index (χ1) is 10.8. The molecule has 1 saturated heterocycles. The van der Waals surface area contributed by atoms with Crippen LogP contribution in [0.15, 0.2) is 33.6 Å². The fourth-order valence-electron chi connectivity index (χ4n) is 2.46. The summed E-state index contributed by atoms with van der Waals surface area (Å²) in [4.78, 5) is 16.5. The summed E-state index contributed by atoms with van der Waals surface area (Å²) < 4.78 is 27.0. The monoisotopic (exact) mass is 403 g/mol. The first-order valence-corrected chi connectivity index (χ1v) is 9.72. The van der Waals surface area contributed by atoms with Gasteiger partial charge in [-0.15, -0.1) is 0 Å². The number of carbonyl (C=O) groups excluding carboxylic acids is 1. The van der Waals surface area contributed by atoms with Crippen LogP contribution in [-0.2, 0) is 14.8 Å². The van der Waals surface area contributed by atoms with E-state index in [4.69, 9.17) is 0 Å². The van der Waals surface area contributed by atoms with Gasteiger partial charge < -0.3 is 9.80 Å². The topological polar surface area (TPSA) is 60.9 Å². The van der Waals surface area contributed by atoms with E-state index < -0.39 is 10.0 Å². The molecule has 0 unspecified atom stereocenters. The van der Waals surface area contributed by atoms with Gasteiger partial charge in [0, 0.05) is 31.2 Å². The Hall–Kier alpha value is -0.960. The molecule has 23 heavy (non-hydrogen) atoms. The van der Waals surface area contributed by atoms with E-state index in [1.54, 1.807) is 17.0 Å². The van der Waals surface area contributed by atoms with Crippen LogP contribution in [0.3, 0.4) is 0 Å². The van der Waals surface area contributed by atoms with Crippen molar-refractivity contribution in [2.45, 2.75) is 11.3 Å². The van der Waals surface area contributed by atoms with Gasteiger partial charge in [-0.3, -0.25) is 4.79 Å². The van der Waals surface area contributed by atoms with Gasteiger partial charge in [-0.1, -0.05) is 15.9 Å². The van der Waals surface area contributed by atoms with Crippen molar-refractivity contribution in [3.63, 3.8) is 0 Å². The lowest BCUT2D eigenvalue weighted by Gasteiger charge is -2.24. The molecule has 1 aliphatic heterocycles. The summed E-state index contributed by atoms with van der Waals surface area (Å²) in [5.41, 5.74) is 0. The van der Waals surface area contributed by atoms with Crippen LogP contribution < -0.4 is 0 Å². The number of hydrogen-bond donors (Lipinski definition) is 0. The smallest absolute Gasteiger partial charge is 0.243 e. The van der Waals surface area contributed by atoms with Crippen molar-refractivity contribution in [3.8, 4) is 0 Å². The molecule has 1 aliphatic rings. The zero-order chi connectivity index (χ0) is 17.0. The fourth-order valence-corrected chi connectivity index (χ4v) is 3.84. The van der Waals surface area contributed by atoms with Gasteiger partial charge in [0.05, 0.1) is 11.4 Å². The van der Waals surface area contributed by atoms with Crippen molar-refractivity contribution in [3.05, 3.63) is 28.7 Å². The molecule has 0 radical (unpaired) electrons. The van der Waals surface area contributed by atoms with E-state index in [0.29, 0.717) is 13.1 Å². The third kappa shape index (κ3) is 4.76. The van der Waals surface area contributed by atoms with Crippen molar-refractivity contribution in [2.75, 3.05) is 46.8 Å². The first-order valence-electron chi connectivity index (χ1n) is 7.49. The highest BCUT2D eigenvalue weighted by molar-refractivity contribution is 9.10. The number of nitrogens with zero attached hydrogens (tertiary/aromatic N) is 3. The van der Waals surface area contributed by atoms with Crippen LogP contribution in [0.5, 0.6) is 0 Å². The molecule has 6 nitrogen and oxygen atoms in total. The lowest BCUT2D eigenvalue weighted by atomic mass is 10.4. The summed E-state index contributed by atoms with van der Waals surface area (Å²) in [7, 11) is -0.185. The Balaban J connectivity index is 2.03. The lowest BCUT2D eigenvalue weighted by molar-refractivity contribution is -0.131. The van der Waals surface area contributed by atoms with Crippen molar-refractivity contribution in [2.24, 2.45) is 0 Å². The van der Waals surface area contributed by atoms with Gasteiger partial charge in [0.15, 0.2) is 0 Å². The molecule has 0 bridgehead atoms. The number of sulfonamides is 1. The summed E-state index contributed by atoms with van der Waals surface area (Å²) in [6, 6.07) is 6.41. The molecule has 0 aliphatic carbocycles. The number of likely N-dealkylation sites (N-methyl/N-ethyl adjacent to an activating group) is 2. The molecule has 8 heteroatoms. The quantitative estimate of drug-likeness (QED) is 0.758. The molecule has 1 amide bonds. The number of halogens is 1. The second-order valence-electron chi connectivity index (χ2n) is 5.75. The van der Waals surface area contributed by atoms with Crippen LogP contribution in [0.25, 0.3) is 0 Å². The van der Waals surface area contributed by atoms with E-state index in [-0.39, 0.29) is 17.3 Å². The third-order valence-electron chi connectivity index (χ3n) is 3.95. The van der Waals surface area contributed by atoms with Crippen LogP contribution in [0.2, 0.25) is 0 Å². The van der Waals surface area contributed by atoms with Crippen LogP contribution >= 0.6 is 15.9 Å². The third-order valence-corrected chi connectivity index (χ3v) is 6.30. The van der Waals surface area contributed by atoms with Crippen LogP contribution in [0.1, 0.15) is 6.42 Å². The number of benzene rings is 1. The normalized spacial score (nSPS) is 17.3. The molecule has 0 aromatic heterocycles. The number of amides is 1. The van der Waals surface area contributed by atoms with Crippen molar-refractivity contribution < 1.29 is 13.2 Å². The van der Waals surface area contributed by atoms with E-state index in [1.807, 2.05) is 7.05 Å². The van der Waals surface area contributed by atoms with Gasteiger partial charge in [-0.2, -0.15) is 4.31 Å². The predicted octanol–water partition coefficient (Wildman–Crippen LogP) is 1.23. The lowest BCUT2D eigenvalue weighted by Crippen LogP contribution is -2.42. The summed E-state index contributed by atoms with van der Waals surface area (Å²) in [6.45, 7) is 2.95.